The second-order valence-corrected chi connectivity index (χ2v) is 5.37. The second-order valence-electron chi connectivity index (χ2n) is 3.27. The highest BCUT2D eigenvalue weighted by Gasteiger charge is 2.04. The lowest BCUT2D eigenvalue weighted by atomic mass is 10.2. The van der Waals surface area contributed by atoms with E-state index in [2.05, 4.69) is 50.1 Å². The first kappa shape index (κ1) is 12.6. The maximum atomic E-state index is 5.37. The average Bonchev–Trinajstić information content (AvgIpc) is 2.39. The molecule has 17 heavy (non-hydrogen) atoms. The van der Waals surface area contributed by atoms with Gasteiger partial charge in [0.1, 0.15) is 0 Å². The third kappa shape index (κ3) is 3.55. The third-order valence-electron chi connectivity index (χ3n) is 2.07. The van der Waals surface area contributed by atoms with E-state index in [9.17, 15) is 0 Å². The molecule has 0 unspecified atom stereocenters. The smallest absolute Gasteiger partial charge is 0.189 e. The molecule has 0 aliphatic heterocycles. The molecular formula is C11H11IN4S. The van der Waals surface area contributed by atoms with E-state index in [1.54, 1.807) is 18.0 Å². The van der Waals surface area contributed by atoms with Crippen LogP contribution in [0, 0.1) is 3.57 Å². The van der Waals surface area contributed by atoms with Crippen molar-refractivity contribution in [2.45, 2.75) is 10.9 Å². The predicted octanol–water partition coefficient (Wildman–Crippen LogP) is 2.66. The predicted molar refractivity (Wildman–Crippen MR) is 78.6 cm³/mol. The summed E-state index contributed by atoms with van der Waals surface area (Å²) in [6, 6.07) is 10.2. The summed E-state index contributed by atoms with van der Waals surface area (Å²) in [5, 5.41) is 0.724. The van der Waals surface area contributed by atoms with Gasteiger partial charge in [0.15, 0.2) is 11.0 Å². The zero-order valence-corrected chi connectivity index (χ0v) is 11.9. The minimum absolute atomic E-state index is 0.663. The van der Waals surface area contributed by atoms with Crippen LogP contribution < -0.4 is 11.3 Å². The number of anilines is 1. The molecule has 0 amide bonds. The molecule has 2 aromatic rings. The molecule has 0 radical (unpaired) electrons. The lowest BCUT2D eigenvalue weighted by Crippen LogP contribution is -2.11. The maximum absolute atomic E-state index is 5.37. The third-order valence-corrected chi connectivity index (χ3v) is 3.79. The quantitative estimate of drug-likeness (QED) is 0.289. The van der Waals surface area contributed by atoms with Crippen LogP contribution in [0.3, 0.4) is 0 Å². The Morgan fingerprint density at radius 1 is 1.29 bits per heavy atom. The molecular weight excluding hydrogens is 347 g/mol. The van der Waals surface area contributed by atoms with Crippen molar-refractivity contribution < 1.29 is 0 Å². The SMILES string of the molecule is NNc1nc(SCc2ccccc2)ncc1I. The highest BCUT2D eigenvalue weighted by Crippen LogP contribution is 2.22. The van der Waals surface area contributed by atoms with E-state index in [1.165, 1.54) is 5.56 Å². The van der Waals surface area contributed by atoms with Gasteiger partial charge in [-0.1, -0.05) is 42.1 Å². The van der Waals surface area contributed by atoms with Crippen LogP contribution in [0.15, 0.2) is 41.7 Å². The summed E-state index contributed by atoms with van der Waals surface area (Å²) in [5.41, 5.74) is 3.81. The monoisotopic (exact) mass is 358 g/mol. The molecule has 0 aliphatic carbocycles. The first-order valence-electron chi connectivity index (χ1n) is 4.95. The molecule has 6 heteroatoms. The van der Waals surface area contributed by atoms with Crippen molar-refractivity contribution in [1.29, 1.82) is 0 Å². The number of aromatic nitrogens is 2. The van der Waals surface area contributed by atoms with E-state index in [4.69, 9.17) is 5.84 Å². The van der Waals surface area contributed by atoms with Crippen LogP contribution in [-0.4, -0.2) is 9.97 Å². The fraction of sp³-hybridized carbons (Fsp3) is 0.0909. The number of hydrogen-bond acceptors (Lipinski definition) is 5. The summed E-state index contributed by atoms with van der Waals surface area (Å²) < 4.78 is 0.911. The zero-order chi connectivity index (χ0) is 12.1. The fourth-order valence-corrected chi connectivity index (χ4v) is 2.43. The number of nitrogens with zero attached hydrogens (tertiary/aromatic N) is 2. The van der Waals surface area contributed by atoms with Crippen LogP contribution in [0.25, 0.3) is 0 Å². The van der Waals surface area contributed by atoms with Gasteiger partial charge in [-0.25, -0.2) is 15.8 Å². The van der Waals surface area contributed by atoms with Crippen molar-refractivity contribution in [3.05, 3.63) is 45.7 Å². The van der Waals surface area contributed by atoms with Gasteiger partial charge in [0, 0.05) is 11.9 Å². The Morgan fingerprint density at radius 3 is 2.76 bits per heavy atom. The molecule has 4 nitrogen and oxygen atoms in total. The van der Waals surface area contributed by atoms with Crippen molar-refractivity contribution in [3.8, 4) is 0 Å². The number of thioether (sulfide) groups is 1. The molecule has 0 aliphatic rings. The van der Waals surface area contributed by atoms with Crippen molar-refractivity contribution >= 4 is 40.2 Å². The molecule has 0 spiro atoms. The van der Waals surface area contributed by atoms with Crippen LogP contribution in [0.2, 0.25) is 0 Å². The van der Waals surface area contributed by atoms with E-state index in [1.807, 2.05) is 18.2 Å². The highest BCUT2D eigenvalue weighted by molar-refractivity contribution is 14.1. The number of benzene rings is 1. The van der Waals surface area contributed by atoms with Crippen LogP contribution in [0.4, 0.5) is 5.82 Å². The number of halogens is 1. The largest absolute Gasteiger partial charge is 0.307 e. The van der Waals surface area contributed by atoms with Gasteiger partial charge in [-0.15, -0.1) is 0 Å². The van der Waals surface area contributed by atoms with Crippen LogP contribution in [0.1, 0.15) is 5.56 Å². The van der Waals surface area contributed by atoms with E-state index in [-0.39, 0.29) is 0 Å². The molecule has 2 rings (SSSR count). The summed E-state index contributed by atoms with van der Waals surface area (Å²) in [5.74, 6) is 6.89. The minimum Gasteiger partial charge on any atom is -0.307 e. The lowest BCUT2D eigenvalue weighted by molar-refractivity contribution is 0.953. The number of nitrogen functional groups attached to an aromatic ring is 1. The molecule has 0 fully saturated rings. The van der Waals surface area contributed by atoms with Crippen molar-refractivity contribution in [3.63, 3.8) is 0 Å². The Labute approximate surface area is 118 Å². The van der Waals surface area contributed by atoms with Crippen LogP contribution in [-0.2, 0) is 5.75 Å². The fourth-order valence-electron chi connectivity index (χ4n) is 1.24. The minimum atomic E-state index is 0.663. The lowest BCUT2D eigenvalue weighted by Gasteiger charge is -2.04. The number of nitrogens with one attached hydrogen (secondary N) is 1. The molecule has 1 aromatic carbocycles. The standard InChI is InChI=1S/C11H11IN4S/c12-9-6-14-11(15-10(9)16-13)17-7-8-4-2-1-3-5-8/h1-6H,7,13H2,(H,14,15,16). The summed E-state index contributed by atoms with van der Waals surface area (Å²) in [4.78, 5) is 8.56. The topological polar surface area (TPSA) is 63.8 Å². The summed E-state index contributed by atoms with van der Waals surface area (Å²) in [6.07, 6.45) is 1.76. The molecule has 0 atom stereocenters. The molecule has 0 saturated carbocycles. The number of nitrogens with two attached hydrogens (primary N) is 1. The first-order valence-corrected chi connectivity index (χ1v) is 7.02. The van der Waals surface area contributed by atoms with Gasteiger partial charge in [-0.2, -0.15) is 0 Å². The van der Waals surface area contributed by atoms with Crippen LogP contribution in [0.5, 0.6) is 0 Å². The average molecular weight is 358 g/mol. The number of rotatable bonds is 4. The Morgan fingerprint density at radius 2 is 2.06 bits per heavy atom. The van der Waals surface area contributed by atoms with Gasteiger partial charge in [0.05, 0.1) is 3.57 Å². The maximum Gasteiger partial charge on any atom is 0.189 e. The molecule has 0 saturated heterocycles. The Balaban J connectivity index is 2.04. The Hall–Kier alpha value is -0.860. The molecule has 1 aromatic heterocycles. The second kappa shape index (κ2) is 6.18. The van der Waals surface area contributed by atoms with Gasteiger partial charge in [0.25, 0.3) is 0 Å². The normalized spacial score (nSPS) is 10.2. The van der Waals surface area contributed by atoms with E-state index < -0.39 is 0 Å². The van der Waals surface area contributed by atoms with Crippen molar-refractivity contribution in [2.24, 2.45) is 5.84 Å². The summed E-state index contributed by atoms with van der Waals surface area (Å²) in [6.45, 7) is 0. The number of hydrogen-bond donors (Lipinski definition) is 2. The van der Waals surface area contributed by atoms with Gasteiger partial charge in [-0.05, 0) is 28.2 Å². The highest BCUT2D eigenvalue weighted by atomic mass is 127. The Bertz CT molecular complexity index is 492. The number of hydrazine groups is 1. The van der Waals surface area contributed by atoms with E-state index in [0.717, 1.165) is 14.5 Å². The van der Waals surface area contributed by atoms with Gasteiger partial charge >= 0.3 is 0 Å². The van der Waals surface area contributed by atoms with E-state index in [0.29, 0.717) is 5.82 Å². The van der Waals surface area contributed by atoms with Gasteiger partial charge < -0.3 is 5.43 Å². The molecule has 88 valence electrons. The molecule has 1 heterocycles. The van der Waals surface area contributed by atoms with E-state index >= 15 is 0 Å². The summed E-state index contributed by atoms with van der Waals surface area (Å²) >= 11 is 3.73. The zero-order valence-electron chi connectivity index (χ0n) is 8.93. The van der Waals surface area contributed by atoms with Crippen molar-refractivity contribution in [1.82, 2.24) is 9.97 Å². The first-order chi connectivity index (χ1) is 8.29. The van der Waals surface area contributed by atoms with Crippen molar-refractivity contribution in [2.75, 3.05) is 5.43 Å². The summed E-state index contributed by atoms with van der Waals surface area (Å²) in [7, 11) is 0. The molecule has 0 bridgehead atoms. The van der Waals surface area contributed by atoms with Gasteiger partial charge in [-0.3, -0.25) is 0 Å². The Kier molecular flexibility index (Phi) is 4.57. The van der Waals surface area contributed by atoms with Gasteiger partial charge in [0.2, 0.25) is 0 Å². The molecule has 3 N–H and O–H groups in total. The van der Waals surface area contributed by atoms with Crippen LogP contribution >= 0.6 is 34.4 Å².